The van der Waals surface area contributed by atoms with Crippen molar-refractivity contribution in [3.05, 3.63) is 23.0 Å². The Kier molecular flexibility index (Phi) is 4.27. The summed E-state index contributed by atoms with van der Waals surface area (Å²) < 4.78 is 43.9. The number of hydrogen-bond acceptors (Lipinski definition) is 7. The van der Waals surface area contributed by atoms with E-state index in [0.717, 1.165) is 56.4 Å². The SMILES string of the molecule is O=C(N1CC2(CC(n3cnc(C(F)(F)F)n3)C2)C1)N1CC2(CN(Cc3nc(C4CC4)ns3)C2)C1. The van der Waals surface area contributed by atoms with E-state index in [1.807, 2.05) is 9.80 Å². The smallest absolute Gasteiger partial charge is 0.323 e. The van der Waals surface area contributed by atoms with Crippen molar-refractivity contribution in [2.75, 3.05) is 39.3 Å². The molecule has 2 spiro atoms. The van der Waals surface area contributed by atoms with Crippen LogP contribution in [-0.2, 0) is 12.7 Å². The maximum absolute atomic E-state index is 12.8. The topological polar surface area (TPSA) is 83.3 Å². The number of likely N-dealkylation sites (tertiary alicyclic amines) is 3. The van der Waals surface area contributed by atoms with E-state index in [1.54, 1.807) is 0 Å². The van der Waals surface area contributed by atoms with Gasteiger partial charge in [-0.2, -0.15) is 17.5 Å². The number of urea groups is 1. The van der Waals surface area contributed by atoms with Crippen LogP contribution in [0, 0.1) is 10.8 Å². The van der Waals surface area contributed by atoms with Crippen molar-refractivity contribution in [2.45, 2.75) is 50.4 Å². The standard InChI is InChI=1S/C21H25F3N8OS/c22-21(23,24)17-25-12-32(27-17)14-3-19(4-14)8-30(9-19)18(33)31-10-20(11-31)6-29(7-20)5-15-26-16(28-34-15)13-1-2-13/h12-14H,1-11H2. The third-order valence-corrected chi connectivity index (χ3v) is 8.73. The number of carbonyl (C=O) groups is 1. The van der Waals surface area contributed by atoms with E-state index in [2.05, 4.69) is 24.3 Å². The molecule has 13 heteroatoms. The molecule has 34 heavy (non-hydrogen) atoms. The monoisotopic (exact) mass is 494 g/mol. The summed E-state index contributed by atoms with van der Waals surface area (Å²) in [7, 11) is 0. The van der Waals surface area contributed by atoms with Crippen molar-refractivity contribution < 1.29 is 18.0 Å². The molecule has 9 nitrogen and oxygen atoms in total. The van der Waals surface area contributed by atoms with Gasteiger partial charge in [-0.1, -0.05) is 0 Å². The fourth-order valence-electron chi connectivity index (χ4n) is 6.21. The van der Waals surface area contributed by atoms with Crippen molar-refractivity contribution >= 4 is 17.6 Å². The largest absolute Gasteiger partial charge is 0.453 e. The molecule has 2 saturated carbocycles. The zero-order chi connectivity index (χ0) is 23.3. The molecule has 5 fully saturated rings. The Morgan fingerprint density at radius 3 is 2.35 bits per heavy atom. The van der Waals surface area contributed by atoms with Gasteiger partial charge in [0, 0.05) is 56.0 Å². The molecule has 0 unspecified atom stereocenters. The van der Waals surface area contributed by atoms with Gasteiger partial charge in [-0.05, 0) is 37.2 Å². The van der Waals surface area contributed by atoms with Crippen LogP contribution in [0.5, 0.6) is 0 Å². The van der Waals surface area contributed by atoms with Gasteiger partial charge >= 0.3 is 12.2 Å². The molecular formula is C21H25F3N8OS. The van der Waals surface area contributed by atoms with Crippen LogP contribution in [0.4, 0.5) is 18.0 Å². The Morgan fingerprint density at radius 1 is 1.06 bits per heavy atom. The van der Waals surface area contributed by atoms with Crippen LogP contribution in [0.15, 0.2) is 6.33 Å². The number of nitrogens with zero attached hydrogens (tertiary/aromatic N) is 8. The van der Waals surface area contributed by atoms with E-state index >= 15 is 0 Å². The molecule has 5 aliphatic rings. The molecule has 0 atom stereocenters. The molecular weight excluding hydrogens is 469 g/mol. The van der Waals surface area contributed by atoms with Crippen molar-refractivity contribution in [3.63, 3.8) is 0 Å². The first-order chi connectivity index (χ1) is 16.2. The molecule has 0 aromatic carbocycles. The average Bonchev–Trinajstić information content (AvgIpc) is 3.19. The fourth-order valence-corrected chi connectivity index (χ4v) is 6.97. The number of rotatable bonds is 4. The third-order valence-electron chi connectivity index (χ3n) is 8.02. The quantitative estimate of drug-likeness (QED) is 0.650. The van der Waals surface area contributed by atoms with Gasteiger partial charge in [0.15, 0.2) is 0 Å². The van der Waals surface area contributed by atoms with Gasteiger partial charge in [0.2, 0.25) is 0 Å². The Balaban J connectivity index is 0.846. The number of halogens is 3. The summed E-state index contributed by atoms with van der Waals surface area (Å²) in [6, 6.07) is 0.0268. The van der Waals surface area contributed by atoms with E-state index in [-0.39, 0.29) is 22.9 Å². The molecule has 2 amide bonds. The number of alkyl halides is 3. The molecule has 7 rings (SSSR count). The van der Waals surface area contributed by atoms with E-state index < -0.39 is 12.0 Å². The van der Waals surface area contributed by atoms with Crippen molar-refractivity contribution in [1.29, 1.82) is 0 Å². The van der Waals surface area contributed by atoms with Gasteiger partial charge < -0.3 is 9.80 Å². The Morgan fingerprint density at radius 2 is 1.74 bits per heavy atom. The number of amides is 2. The summed E-state index contributed by atoms with van der Waals surface area (Å²) in [5, 5.41) is 4.68. The number of carbonyl (C=O) groups excluding carboxylic acids is 1. The summed E-state index contributed by atoms with van der Waals surface area (Å²) in [4.78, 5) is 27.1. The first kappa shape index (κ1) is 21.0. The van der Waals surface area contributed by atoms with Crippen LogP contribution in [0.1, 0.15) is 54.3 Å². The average molecular weight is 495 g/mol. The molecule has 5 heterocycles. The number of aromatic nitrogens is 5. The summed E-state index contributed by atoms with van der Waals surface area (Å²) >= 11 is 1.52. The minimum absolute atomic E-state index is 0.0293. The highest BCUT2D eigenvalue weighted by Crippen LogP contribution is 2.54. The summed E-state index contributed by atoms with van der Waals surface area (Å²) in [5.41, 5.74) is 0.259. The zero-order valence-electron chi connectivity index (χ0n) is 18.5. The summed E-state index contributed by atoms with van der Waals surface area (Å²) in [5.74, 6) is 0.523. The van der Waals surface area contributed by atoms with Gasteiger partial charge in [-0.25, -0.2) is 19.4 Å². The van der Waals surface area contributed by atoms with Crippen molar-refractivity contribution in [3.8, 4) is 0 Å². The maximum atomic E-state index is 12.8. The van der Waals surface area contributed by atoms with Gasteiger partial charge in [-0.3, -0.25) is 4.90 Å². The highest BCUT2D eigenvalue weighted by molar-refractivity contribution is 7.05. The van der Waals surface area contributed by atoms with E-state index in [9.17, 15) is 18.0 Å². The second-order valence-corrected chi connectivity index (χ2v) is 11.9. The third kappa shape index (κ3) is 3.42. The van der Waals surface area contributed by atoms with Gasteiger partial charge in [-0.15, -0.1) is 5.10 Å². The maximum Gasteiger partial charge on any atom is 0.453 e. The molecule has 0 radical (unpaired) electrons. The van der Waals surface area contributed by atoms with Crippen molar-refractivity contribution in [1.82, 2.24) is 38.8 Å². The molecule has 2 aromatic heterocycles. The van der Waals surface area contributed by atoms with Gasteiger partial charge in [0.25, 0.3) is 5.82 Å². The molecule has 2 aromatic rings. The van der Waals surface area contributed by atoms with E-state index in [4.69, 9.17) is 0 Å². The highest BCUT2D eigenvalue weighted by Gasteiger charge is 2.58. The molecule has 0 bridgehead atoms. The predicted molar refractivity (Wildman–Crippen MR) is 114 cm³/mol. The molecule has 0 N–H and O–H groups in total. The van der Waals surface area contributed by atoms with E-state index in [1.165, 1.54) is 35.4 Å². The first-order valence-corrected chi connectivity index (χ1v) is 12.5. The van der Waals surface area contributed by atoms with Crippen LogP contribution in [0.3, 0.4) is 0 Å². The molecule has 3 aliphatic heterocycles. The lowest BCUT2D eigenvalue weighted by molar-refractivity contribution is -0.145. The highest BCUT2D eigenvalue weighted by atomic mass is 32.1. The minimum atomic E-state index is -4.52. The zero-order valence-corrected chi connectivity index (χ0v) is 19.4. The van der Waals surface area contributed by atoms with Crippen LogP contribution < -0.4 is 0 Å². The van der Waals surface area contributed by atoms with E-state index in [0.29, 0.717) is 19.0 Å². The second-order valence-electron chi connectivity index (χ2n) is 11.1. The summed E-state index contributed by atoms with van der Waals surface area (Å²) in [6.45, 7) is 5.82. The van der Waals surface area contributed by atoms with Crippen molar-refractivity contribution in [2.24, 2.45) is 10.8 Å². The lowest BCUT2D eigenvalue weighted by atomic mass is 9.60. The van der Waals surface area contributed by atoms with Gasteiger partial charge in [0.05, 0.1) is 12.6 Å². The normalized spacial score (nSPS) is 25.7. The lowest BCUT2D eigenvalue weighted by Crippen LogP contribution is -2.75. The Hall–Kier alpha value is -2.28. The van der Waals surface area contributed by atoms with Crippen LogP contribution in [0.2, 0.25) is 0 Å². The van der Waals surface area contributed by atoms with Gasteiger partial charge in [0.1, 0.15) is 17.2 Å². The minimum Gasteiger partial charge on any atom is -0.323 e. The molecule has 3 saturated heterocycles. The summed E-state index contributed by atoms with van der Waals surface area (Å²) in [6.07, 6.45) is 0.567. The lowest BCUT2D eigenvalue weighted by Gasteiger charge is -2.63. The molecule has 2 aliphatic carbocycles. The second kappa shape index (κ2) is 6.90. The predicted octanol–water partition coefficient (Wildman–Crippen LogP) is 2.60. The van der Waals surface area contributed by atoms with Crippen LogP contribution >= 0.6 is 11.5 Å². The van der Waals surface area contributed by atoms with Crippen LogP contribution in [0.25, 0.3) is 0 Å². The fraction of sp³-hybridized carbons (Fsp3) is 0.762. The molecule has 182 valence electrons. The first-order valence-electron chi connectivity index (χ1n) is 11.8. The number of hydrogen-bond donors (Lipinski definition) is 0. The Bertz CT molecular complexity index is 1120. The Labute approximate surface area is 198 Å². The van der Waals surface area contributed by atoms with Crippen LogP contribution in [-0.4, -0.2) is 84.1 Å².